The van der Waals surface area contributed by atoms with E-state index >= 15 is 0 Å². The molecule has 1 aromatic heterocycles. The number of anilines is 1. The second kappa shape index (κ2) is 10.9. The van der Waals surface area contributed by atoms with Crippen LogP contribution in [-0.2, 0) is 20.7 Å². The van der Waals surface area contributed by atoms with E-state index in [1.54, 1.807) is 13.0 Å². The number of rotatable bonds is 8. The van der Waals surface area contributed by atoms with E-state index in [0.29, 0.717) is 10.6 Å². The number of hydrogen-bond acceptors (Lipinski definition) is 5. The third-order valence-electron chi connectivity index (χ3n) is 4.24. The first kappa shape index (κ1) is 22.7. The predicted molar refractivity (Wildman–Crippen MR) is 125 cm³/mol. The quantitative estimate of drug-likeness (QED) is 0.440. The second-order valence-electron chi connectivity index (χ2n) is 6.57. The Kier molecular flexibility index (Phi) is 7.97. The molecular formula is C23H21BrN2O4S. The Balaban J connectivity index is 1.66. The lowest BCUT2D eigenvalue weighted by Gasteiger charge is -2.08. The molecule has 0 aliphatic rings. The standard InChI is InChI=1S/C23H21BrN2O4S/c1-2-30-23(29)18-13-19(16-8-4-3-5-9-16)31-22(18)26-21(28)14-25-20(27)12-15-7-6-10-17(24)11-15/h3-11,13H,2,12,14H2,1H3,(H,25,27)(H,26,28). The van der Waals surface area contributed by atoms with Gasteiger partial charge in [-0.3, -0.25) is 9.59 Å². The first-order valence-electron chi connectivity index (χ1n) is 9.63. The van der Waals surface area contributed by atoms with Crippen LogP contribution in [0.3, 0.4) is 0 Å². The fraction of sp³-hybridized carbons (Fsp3) is 0.174. The van der Waals surface area contributed by atoms with E-state index in [2.05, 4.69) is 26.6 Å². The Labute approximate surface area is 192 Å². The second-order valence-corrected chi connectivity index (χ2v) is 8.54. The molecule has 2 amide bonds. The summed E-state index contributed by atoms with van der Waals surface area (Å²) in [4.78, 5) is 37.8. The molecular weight excluding hydrogens is 480 g/mol. The summed E-state index contributed by atoms with van der Waals surface area (Å²) in [5, 5.41) is 5.72. The van der Waals surface area contributed by atoms with Crippen LogP contribution >= 0.6 is 27.3 Å². The van der Waals surface area contributed by atoms with Gasteiger partial charge in [0.1, 0.15) is 5.00 Å². The number of halogens is 1. The van der Waals surface area contributed by atoms with E-state index < -0.39 is 11.9 Å². The third-order valence-corrected chi connectivity index (χ3v) is 5.83. The predicted octanol–water partition coefficient (Wildman–Crippen LogP) is 4.65. The van der Waals surface area contributed by atoms with Crippen LogP contribution in [0.1, 0.15) is 22.8 Å². The molecule has 0 aliphatic heterocycles. The molecule has 160 valence electrons. The van der Waals surface area contributed by atoms with Crippen LogP contribution in [-0.4, -0.2) is 30.9 Å². The normalized spacial score (nSPS) is 10.4. The lowest BCUT2D eigenvalue weighted by atomic mass is 10.1. The highest BCUT2D eigenvalue weighted by Crippen LogP contribution is 2.35. The van der Waals surface area contributed by atoms with Gasteiger partial charge in [0.15, 0.2) is 0 Å². The lowest BCUT2D eigenvalue weighted by molar-refractivity contribution is -0.123. The topological polar surface area (TPSA) is 84.5 Å². The SMILES string of the molecule is CCOC(=O)c1cc(-c2ccccc2)sc1NC(=O)CNC(=O)Cc1cccc(Br)c1. The highest BCUT2D eigenvalue weighted by atomic mass is 79.9. The van der Waals surface area contributed by atoms with Gasteiger partial charge < -0.3 is 15.4 Å². The number of hydrogen-bond donors (Lipinski definition) is 2. The van der Waals surface area contributed by atoms with Gasteiger partial charge in [0.25, 0.3) is 0 Å². The molecule has 0 unspecified atom stereocenters. The maximum atomic E-state index is 12.4. The smallest absolute Gasteiger partial charge is 0.341 e. The van der Waals surface area contributed by atoms with Gasteiger partial charge in [-0.25, -0.2) is 4.79 Å². The molecule has 0 spiro atoms. The third kappa shape index (κ3) is 6.50. The van der Waals surface area contributed by atoms with Crippen molar-refractivity contribution in [2.24, 2.45) is 0 Å². The summed E-state index contributed by atoms with van der Waals surface area (Å²) < 4.78 is 6.00. The largest absolute Gasteiger partial charge is 0.462 e. The number of amides is 2. The van der Waals surface area contributed by atoms with Crippen LogP contribution < -0.4 is 10.6 Å². The monoisotopic (exact) mass is 500 g/mol. The number of ether oxygens (including phenoxy) is 1. The molecule has 31 heavy (non-hydrogen) atoms. The van der Waals surface area contributed by atoms with Gasteiger partial charge in [-0.1, -0.05) is 58.4 Å². The zero-order chi connectivity index (χ0) is 22.2. The van der Waals surface area contributed by atoms with Crippen LogP contribution in [0, 0.1) is 0 Å². The molecule has 0 radical (unpaired) electrons. The Morgan fingerprint density at radius 1 is 1.00 bits per heavy atom. The molecule has 8 heteroatoms. The van der Waals surface area contributed by atoms with Crippen molar-refractivity contribution in [1.29, 1.82) is 0 Å². The van der Waals surface area contributed by atoms with Crippen molar-refractivity contribution in [2.45, 2.75) is 13.3 Å². The molecule has 2 aromatic carbocycles. The van der Waals surface area contributed by atoms with Gasteiger partial charge in [0.05, 0.1) is 25.1 Å². The summed E-state index contributed by atoms with van der Waals surface area (Å²) in [6.45, 7) is 1.75. The van der Waals surface area contributed by atoms with Gasteiger partial charge in [0, 0.05) is 9.35 Å². The van der Waals surface area contributed by atoms with Crippen LogP contribution in [0.5, 0.6) is 0 Å². The summed E-state index contributed by atoms with van der Waals surface area (Å²) >= 11 is 4.65. The Morgan fingerprint density at radius 3 is 2.48 bits per heavy atom. The van der Waals surface area contributed by atoms with Crippen molar-refractivity contribution in [3.05, 3.63) is 76.3 Å². The van der Waals surface area contributed by atoms with Crippen molar-refractivity contribution in [2.75, 3.05) is 18.5 Å². The van der Waals surface area contributed by atoms with Crippen LogP contribution in [0.25, 0.3) is 10.4 Å². The number of nitrogens with one attached hydrogen (secondary N) is 2. The van der Waals surface area contributed by atoms with E-state index in [1.165, 1.54) is 11.3 Å². The fourth-order valence-electron chi connectivity index (χ4n) is 2.83. The van der Waals surface area contributed by atoms with E-state index in [9.17, 15) is 14.4 Å². The number of carbonyl (C=O) groups is 3. The highest BCUT2D eigenvalue weighted by molar-refractivity contribution is 9.10. The maximum Gasteiger partial charge on any atom is 0.341 e. The van der Waals surface area contributed by atoms with Crippen molar-refractivity contribution >= 4 is 50.1 Å². The molecule has 0 saturated carbocycles. The average Bonchev–Trinajstić information content (AvgIpc) is 3.17. The first-order chi connectivity index (χ1) is 15.0. The minimum atomic E-state index is -0.505. The zero-order valence-corrected chi connectivity index (χ0v) is 19.2. The molecule has 3 aromatic rings. The summed E-state index contributed by atoms with van der Waals surface area (Å²) in [5.74, 6) is -1.19. The van der Waals surface area contributed by atoms with Gasteiger partial charge >= 0.3 is 5.97 Å². The van der Waals surface area contributed by atoms with E-state index in [0.717, 1.165) is 20.5 Å². The van der Waals surface area contributed by atoms with Crippen molar-refractivity contribution in [3.63, 3.8) is 0 Å². The summed E-state index contributed by atoms with van der Waals surface area (Å²) in [6, 6.07) is 18.7. The molecule has 6 nitrogen and oxygen atoms in total. The van der Waals surface area contributed by atoms with E-state index in [1.807, 2.05) is 54.6 Å². The Bertz CT molecular complexity index is 1080. The van der Waals surface area contributed by atoms with E-state index in [4.69, 9.17) is 4.74 Å². The summed E-state index contributed by atoms with van der Waals surface area (Å²) in [7, 11) is 0. The Hall–Kier alpha value is -2.97. The number of benzene rings is 2. The summed E-state index contributed by atoms with van der Waals surface area (Å²) in [5.41, 5.74) is 2.06. The molecule has 1 heterocycles. The minimum Gasteiger partial charge on any atom is -0.462 e. The van der Waals surface area contributed by atoms with Crippen molar-refractivity contribution in [1.82, 2.24) is 5.32 Å². The molecule has 0 bridgehead atoms. The molecule has 0 saturated heterocycles. The van der Waals surface area contributed by atoms with Crippen LogP contribution in [0.15, 0.2) is 65.1 Å². The van der Waals surface area contributed by atoms with Crippen molar-refractivity contribution in [3.8, 4) is 10.4 Å². The molecule has 2 N–H and O–H groups in total. The van der Waals surface area contributed by atoms with Crippen LogP contribution in [0.2, 0.25) is 0 Å². The molecule has 0 aliphatic carbocycles. The fourth-order valence-corrected chi connectivity index (χ4v) is 4.35. The first-order valence-corrected chi connectivity index (χ1v) is 11.2. The molecule has 3 rings (SSSR count). The maximum absolute atomic E-state index is 12.4. The van der Waals surface area contributed by atoms with Gasteiger partial charge in [0.2, 0.25) is 11.8 Å². The number of carbonyl (C=O) groups excluding carboxylic acids is 3. The summed E-state index contributed by atoms with van der Waals surface area (Å²) in [6.07, 6.45) is 0.165. The lowest BCUT2D eigenvalue weighted by Crippen LogP contribution is -2.33. The zero-order valence-electron chi connectivity index (χ0n) is 16.8. The average molecular weight is 501 g/mol. The van der Waals surface area contributed by atoms with Crippen LogP contribution in [0.4, 0.5) is 5.00 Å². The number of esters is 1. The van der Waals surface area contributed by atoms with Crippen molar-refractivity contribution < 1.29 is 19.1 Å². The van der Waals surface area contributed by atoms with Gasteiger partial charge in [-0.15, -0.1) is 11.3 Å². The minimum absolute atomic E-state index is 0.165. The molecule has 0 atom stereocenters. The van der Waals surface area contributed by atoms with E-state index in [-0.39, 0.29) is 25.5 Å². The number of thiophene rings is 1. The Morgan fingerprint density at radius 2 is 1.77 bits per heavy atom. The molecule has 0 fully saturated rings. The van der Waals surface area contributed by atoms with Gasteiger partial charge in [-0.05, 0) is 36.2 Å². The van der Waals surface area contributed by atoms with Gasteiger partial charge in [-0.2, -0.15) is 0 Å². The highest BCUT2D eigenvalue weighted by Gasteiger charge is 2.20.